The average molecular weight is 556 g/mol. The summed E-state index contributed by atoms with van der Waals surface area (Å²) in [5, 5.41) is 12.1. The van der Waals surface area contributed by atoms with Crippen LogP contribution in [0.4, 0.5) is 0 Å². The van der Waals surface area contributed by atoms with Gasteiger partial charge >= 0.3 is 11.6 Å². The zero-order valence-corrected chi connectivity index (χ0v) is 21.6. The maximum atomic E-state index is 13.8. The van der Waals surface area contributed by atoms with Crippen molar-refractivity contribution >= 4 is 45.2 Å². The molecule has 0 fully saturated rings. The fraction of sp³-hybridized carbons (Fsp3) is 0.0345. The van der Waals surface area contributed by atoms with E-state index in [4.69, 9.17) is 20.8 Å². The van der Waals surface area contributed by atoms with Crippen LogP contribution in [0.2, 0.25) is 5.02 Å². The van der Waals surface area contributed by atoms with Crippen LogP contribution in [-0.4, -0.2) is 19.6 Å². The van der Waals surface area contributed by atoms with Gasteiger partial charge in [0.25, 0.3) is 5.56 Å². The molecule has 0 aliphatic carbocycles. The van der Waals surface area contributed by atoms with E-state index in [9.17, 15) is 14.7 Å². The summed E-state index contributed by atoms with van der Waals surface area (Å²) in [5.41, 5.74) is 0.178. The molecule has 0 amide bonds. The second kappa shape index (κ2) is 10.3. The number of fused-ring (bicyclic) bond motifs is 3. The van der Waals surface area contributed by atoms with E-state index >= 15 is 0 Å². The number of ether oxygens (including phenoxy) is 1. The molecule has 6 rings (SSSR count). The summed E-state index contributed by atoms with van der Waals surface area (Å²) < 4.78 is 12.8. The van der Waals surface area contributed by atoms with Gasteiger partial charge in [-0.25, -0.2) is 14.8 Å². The third-order valence-electron chi connectivity index (χ3n) is 5.99. The molecule has 0 bridgehead atoms. The SMILES string of the molecule is O=c1oc2c(c(O)c1Sc1cccc(Cl)c1)c(=O)n(Cc1ccc(Oc3ncccn3)cc1)c1ccccc21. The number of pyridine rings is 1. The predicted molar refractivity (Wildman–Crippen MR) is 149 cm³/mol. The molecule has 10 heteroatoms. The summed E-state index contributed by atoms with van der Waals surface area (Å²) in [6.45, 7) is 0.201. The molecule has 192 valence electrons. The van der Waals surface area contributed by atoms with Crippen LogP contribution in [0.3, 0.4) is 0 Å². The number of rotatable bonds is 6. The molecular weight excluding hydrogens is 538 g/mol. The number of halogens is 1. The number of hydrogen-bond donors (Lipinski definition) is 1. The minimum atomic E-state index is -0.745. The van der Waals surface area contributed by atoms with Crippen molar-refractivity contribution in [3.8, 4) is 17.5 Å². The smallest absolute Gasteiger partial charge is 0.354 e. The molecule has 0 saturated heterocycles. The highest BCUT2D eigenvalue weighted by molar-refractivity contribution is 7.99. The Morgan fingerprint density at radius 1 is 0.949 bits per heavy atom. The summed E-state index contributed by atoms with van der Waals surface area (Å²) >= 11 is 7.06. The van der Waals surface area contributed by atoms with Gasteiger partial charge in [0.05, 0.1) is 12.1 Å². The van der Waals surface area contributed by atoms with Crippen molar-refractivity contribution in [3.05, 3.63) is 123 Å². The van der Waals surface area contributed by atoms with Crippen LogP contribution < -0.4 is 15.9 Å². The lowest BCUT2D eigenvalue weighted by molar-refractivity contribution is 0.441. The quantitative estimate of drug-likeness (QED) is 0.240. The summed E-state index contributed by atoms with van der Waals surface area (Å²) in [7, 11) is 0. The molecule has 8 nitrogen and oxygen atoms in total. The molecule has 6 aromatic rings. The Balaban J connectivity index is 1.44. The molecule has 0 atom stereocenters. The predicted octanol–water partition coefficient (Wildman–Crippen LogP) is 6.25. The van der Waals surface area contributed by atoms with Crippen LogP contribution in [0.5, 0.6) is 17.5 Å². The van der Waals surface area contributed by atoms with Crippen LogP contribution in [0.1, 0.15) is 5.56 Å². The first-order valence-corrected chi connectivity index (χ1v) is 13.0. The first-order chi connectivity index (χ1) is 19.0. The maximum Gasteiger partial charge on any atom is 0.354 e. The molecule has 39 heavy (non-hydrogen) atoms. The molecule has 3 aromatic carbocycles. The van der Waals surface area contributed by atoms with Crippen molar-refractivity contribution in [2.45, 2.75) is 16.3 Å². The van der Waals surface area contributed by atoms with Gasteiger partial charge in [0, 0.05) is 27.7 Å². The summed E-state index contributed by atoms with van der Waals surface area (Å²) in [6.07, 6.45) is 3.18. The standard InChI is InChI=1S/C29H18ClN3O5S/c30-18-5-3-6-20(15-18)39-26-24(34)23-25(38-28(26)36)21-7-1-2-8-22(21)33(27(23)35)16-17-9-11-19(12-10-17)37-29-31-13-4-14-32-29/h1-15,34H,16H2. The van der Waals surface area contributed by atoms with Gasteiger partial charge in [0.2, 0.25) is 0 Å². The van der Waals surface area contributed by atoms with Gasteiger partial charge in [-0.3, -0.25) is 4.79 Å². The normalized spacial score (nSPS) is 11.2. The van der Waals surface area contributed by atoms with Crippen molar-refractivity contribution in [2.24, 2.45) is 0 Å². The van der Waals surface area contributed by atoms with Crippen molar-refractivity contribution < 1.29 is 14.3 Å². The molecule has 0 spiro atoms. The van der Waals surface area contributed by atoms with E-state index in [2.05, 4.69) is 9.97 Å². The average Bonchev–Trinajstić information content (AvgIpc) is 2.94. The zero-order chi connectivity index (χ0) is 26.9. The van der Waals surface area contributed by atoms with Gasteiger partial charge in [0.15, 0.2) is 11.3 Å². The molecule has 3 aromatic heterocycles. The van der Waals surface area contributed by atoms with Gasteiger partial charge in [0.1, 0.15) is 16.0 Å². The zero-order valence-electron chi connectivity index (χ0n) is 20.1. The highest BCUT2D eigenvalue weighted by atomic mass is 35.5. The van der Waals surface area contributed by atoms with E-state index in [0.29, 0.717) is 26.6 Å². The van der Waals surface area contributed by atoms with Crippen LogP contribution >= 0.6 is 23.4 Å². The third kappa shape index (κ3) is 4.85. The van der Waals surface area contributed by atoms with Gasteiger partial charge in [-0.2, -0.15) is 0 Å². The summed E-state index contributed by atoms with van der Waals surface area (Å²) in [5.74, 6) is 0.116. The highest BCUT2D eigenvalue weighted by Gasteiger charge is 2.22. The first-order valence-electron chi connectivity index (χ1n) is 11.8. The van der Waals surface area contributed by atoms with Crippen LogP contribution in [0.15, 0.2) is 115 Å². The molecule has 0 radical (unpaired) electrons. The fourth-order valence-electron chi connectivity index (χ4n) is 4.23. The van der Waals surface area contributed by atoms with Crippen molar-refractivity contribution in [3.63, 3.8) is 0 Å². The minimum absolute atomic E-state index is 0.0383. The Kier molecular flexibility index (Phi) is 6.52. The lowest BCUT2D eigenvalue weighted by atomic mass is 10.1. The van der Waals surface area contributed by atoms with E-state index in [-0.39, 0.29) is 28.4 Å². The van der Waals surface area contributed by atoms with Gasteiger partial charge < -0.3 is 18.8 Å². The van der Waals surface area contributed by atoms with Gasteiger partial charge in [-0.1, -0.05) is 53.7 Å². The Morgan fingerprint density at radius 2 is 1.72 bits per heavy atom. The maximum absolute atomic E-state index is 13.8. The monoisotopic (exact) mass is 555 g/mol. The molecule has 3 heterocycles. The van der Waals surface area contributed by atoms with Crippen molar-refractivity contribution in [1.82, 2.24) is 14.5 Å². The number of hydrogen-bond acceptors (Lipinski definition) is 8. The number of nitrogens with zero attached hydrogens (tertiary/aromatic N) is 3. The molecule has 1 N–H and O–H groups in total. The Hall–Kier alpha value is -4.60. The van der Waals surface area contributed by atoms with Crippen LogP contribution in [0, 0.1) is 0 Å². The van der Waals surface area contributed by atoms with E-state index < -0.39 is 16.9 Å². The lowest BCUT2D eigenvalue weighted by Gasteiger charge is -2.14. The molecule has 0 aliphatic heterocycles. The Bertz CT molecular complexity index is 1960. The Labute approximate surface area is 230 Å². The van der Waals surface area contributed by atoms with Crippen molar-refractivity contribution in [1.29, 1.82) is 0 Å². The molecule has 0 aliphatic rings. The first kappa shape index (κ1) is 24.7. The third-order valence-corrected chi connectivity index (χ3v) is 7.28. The number of aromatic hydroxyl groups is 1. The van der Waals surface area contributed by atoms with E-state index in [1.807, 2.05) is 12.1 Å². The lowest BCUT2D eigenvalue weighted by Crippen LogP contribution is -2.22. The second-order valence-electron chi connectivity index (χ2n) is 8.52. The molecule has 0 saturated carbocycles. The van der Waals surface area contributed by atoms with E-state index in [1.54, 1.807) is 83.7 Å². The number of aromatic nitrogens is 3. The summed E-state index contributed by atoms with van der Waals surface area (Å²) in [4.78, 5) is 35.4. The topological polar surface area (TPSA) is 107 Å². The molecule has 0 unspecified atom stereocenters. The Morgan fingerprint density at radius 3 is 2.49 bits per heavy atom. The van der Waals surface area contributed by atoms with Crippen LogP contribution in [0.25, 0.3) is 21.9 Å². The number of para-hydroxylation sites is 1. The van der Waals surface area contributed by atoms with Crippen molar-refractivity contribution in [2.75, 3.05) is 0 Å². The second-order valence-corrected chi connectivity index (χ2v) is 10.0. The van der Waals surface area contributed by atoms with Crippen LogP contribution in [-0.2, 0) is 6.54 Å². The molecular formula is C29H18ClN3O5S. The van der Waals surface area contributed by atoms with E-state index in [1.165, 1.54) is 0 Å². The van der Waals surface area contributed by atoms with E-state index in [0.717, 1.165) is 17.3 Å². The largest absolute Gasteiger partial charge is 0.505 e. The fourth-order valence-corrected chi connectivity index (χ4v) is 5.37. The minimum Gasteiger partial charge on any atom is -0.505 e. The van der Waals surface area contributed by atoms with Gasteiger partial charge in [-0.15, -0.1) is 0 Å². The highest BCUT2D eigenvalue weighted by Crippen LogP contribution is 2.37. The number of benzene rings is 3. The van der Waals surface area contributed by atoms with Gasteiger partial charge in [-0.05, 0) is 54.1 Å². The summed E-state index contributed by atoms with van der Waals surface area (Å²) in [6, 6.07) is 23.0.